The fourth-order valence-corrected chi connectivity index (χ4v) is 0.584. The SMILES string of the molecule is CCC(C)(C)N.O=C(O)c1cc(=O)[nH]c(=O)[nH]1. The summed E-state index contributed by atoms with van der Waals surface area (Å²) in [7, 11) is 0. The van der Waals surface area contributed by atoms with E-state index in [0.29, 0.717) is 0 Å². The molecule has 1 aromatic rings. The topological polar surface area (TPSA) is 129 Å². The van der Waals surface area contributed by atoms with Gasteiger partial charge in [0.1, 0.15) is 5.69 Å². The molecule has 0 aliphatic rings. The van der Waals surface area contributed by atoms with Crippen molar-refractivity contribution in [3.63, 3.8) is 0 Å². The number of nitrogens with one attached hydrogen (secondary N) is 2. The summed E-state index contributed by atoms with van der Waals surface area (Å²) in [4.78, 5) is 34.9. The fraction of sp³-hybridized carbons (Fsp3) is 0.500. The van der Waals surface area contributed by atoms with Gasteiger partial charge in [0.05, 0.1) is 0 Å². The molecule has 96 valence electrons. The smallest absolute Gasteiger partial charge is 0.352 e. The van der Waals surface area contributed by atoms with E-state index in [1.54, 1.807) is 0 Å². The van der Waals surface area contributed by atoms with E-state index in [0.717, 1.165) is 12.5 Å². The van der Waals surface area contributed by atoms with Crippen LogP contribution in [-0.2, 0) is 0 Å². The number of hydrogen-bond donors (Lipinski definition) is 4. The molecule has 7 nitrogen and oxygen atoms in total. The minimum atomic E-state index is -1.34. The first-order valence-corrected chi connectivity index (χ1v) is 5.01. The lowest BCUT2D eigenvalue weighted by atomic mass is 10.1. The van der Waals surface area contributed by atoms with Crippen molar-refractivity contribution in [2.24, 2.45) is 5.73 Å². The lowest BCUT2D eigenvalue weighted by Gasteiger charge is -2.13. The number of H-pyrrole nitrogens is 2. The van der Waals surface area contributed by atoms with Crippen LogP contribution >= 0.6 is 0 Å². The monoisotopic (exact) mass is 243 g/mol. The molecule has 7 heteroatoms. The number of carbonyl (C=O) groups is 1. The lowest BCUT2D eigenvalue weighted by molar-refractivity contribution is 0.0689. The summed E-state index contributed by atoms with van der Waals surface area (Å²) in [5.74, 6) is -1.34. The maximum absolute atomic E-state index is 10.5. The van der Waals surface area contributed by atoms with Crippen LogP contribution in [0.1, 0.15) is 37.7 Å². The Morgan fingerprint density at radius 3 is 2.18 bits per heavy atom. The molecule has 0 radical (unpaired) electrons. The Bertz CT molecular complexity index is 453. The van der Waals surface area contributed by atoms with E-state index in [9.17, 15) is 14.4 Å². The number of aromatic carboxylic acids is 1. The highest BCUT2D eigenvalue weighted by atomic mass is 16.4. The quantitative estimate of drug-likeness (QED) is 0.576. The summed E-state index contributed by atoms with van der Waals surface area (Å²) >= 11 is 0. The molecule has 0 saturated carbocycles. The number of hydrogen-bond acceptors (Lipinski definition) is 4. The van der Waals surface area contributed by atoms with Crippen molar-refractivity contribution in [1.29, 1.82) is 0 Å². The molecule has 17 heavy (non-hydrogen) atoms. The van der Waals surface area contributed by atoms with Crippen molar-refractivity contribution < 1.29 is 9.90 Å². The summed E-state index contributed by atoms with van der Waals surface area (Å²) in [5.41, 5.74) is 3.60. The lowest BCUT2D eigenvalue weighted by Crippen LogP contribution is -2.30. The molecule has 0 aromatic carbocycles. The molecule has 0 fully saturated rings. The van der Waals surface area contributed by atoms with Crippen LogP contribution in [0.3, 0.4) is 0 Å². The molecular formula is C10H17N3O4. The number of aromatic nitrogens is 2. The minimum Gasteiger partial charge on any atom is -0.477 e. The van der Waals surface area contributed by atoms with E-state index in [2.05, 4.69) is 6.92 Å². The highest BCUT2D eigenvalue weighted by Crippen LogP contribution is 1.99. The van der Waals surface area contributed by atoms with Crippen molar-refractivity contribution in [3.05, 3.63) is 32.6 Å². The van der Waals surface area contributed by atoms with Crippen molar-refractivity contribution in [2.45, 2.75) is 32.7 Å². The molecule has 1 aromatic heterocycles. The molecule has 0 amide bonds. The fourth-order valence-electron chi connectivity index (χ4n) is 0.584. The maximum Gasteiger partial charge on any atom is 0.352 e. The van der Waals surface area contributed by atoms with E-state index in [-0.39, 0.29) is 5.54 Å². The zero-order chi connectivity index (χ0) is 13.6. The molecule has 0 aliphatic carbocycles. The van der Waals surface area contributed by atoms with E-state index in [4.69, 9.17) is 10.8 Å². The summed E-state index contributed by atoms with van der Waals surface area (Å²) < 4.78 is 0. The number of rotatable bonds is 2. The molecule has 1 rings (SSSR count). The van der Waals surface area contributed by atoms with Gasteiger partial charge in [-0.3, -0.25) is 9.78 Å². The highest BCUT2D eigenvalue weighted by Gasteiger charge is 2.04. The van der Waals surface area contributed by atoms with Crippen LogP contribution in [0.2, 0.25) is 0 Å². The van der Waals surface area contributed by atoms with Gasteiger partial charge in [0, 0.05) is 11.6 Å². The molecule has 0 bridgehead atoms. The van der Waals surface area contributed by atoms with Gasteiger partial charge in [0.25, 0.3) is 5.56 Å². The van der Waals surface area contributed by atoms with Crippen molar-refractivity contribution in [2.75, 3.05) is 0 Å². The Kier molecular flexibility index (Phi) is 5.33. The molecule has 0 atom stereocenters. The van der Waals surface area contributed by atoms with E-state index in [1.807, 2.05) is 23.8 Å². The Morgan fingerprint density at radius 1 is 1.41 bits per heavy atom. The molecule has 0 aliphatic heterocycles. The van der Waals surface area contributed by atoms with Gasteiger partial charge < -0.3 is 15.8 Å². The van der Waals surface area contributed by atoms with Crippen molar-refractivity contribution in [1.82, 2.24) is 9.97 Å². The third kappa shape index (κ3) is 7.07. The van der Waals surface area contributed by atoms with Gasteiger partial charge >= 0.3 is 11.7 Å². The van der Waals surface area contributed by atoms with Gasteiger partial charge in [-0.25, -0.2) is 9.59 Å². The average molecular weight is 243 g/mol. The molecule has 5 N–H and O–H groups in total. The Hall–Kier alpha value is -1.89. The predicted molar refractivity (Wildman–Crippen MR) is 63.2 cm³/mol. The first-order valence-electron chi connectivity index (χ1n) is 5.01. The van der Waals surface area contributed by atoms with Gasteiger partial charge in [-0.1, -0.05) is 6.92 Å². The number of nitrogens with two attached hydrogens (primary N) is 1. The first kappa shape index (κ1) is 15.1. The molecule has 0 unspecified atom stereocenters. The van der Waals surface area contributed by atoms with Gasteiger partial charge in [0.15, 0.2) is 0 Å². The third-order valence-electron chi connectivity index (χ3n) is 1.90. The van der Waals surface area contributed by atoms with Crippen LogP contribution in [0.15, 0.2) is 15.7 Å². The molecular weight excluding hydrogens is 226 g/mol. The molecule has 0 saturated heterocycles. The van der Waals surface area contributed by atoms with Gasteiger partial charge in [-0.05, 0) is 20.3 Å². The highest BCUT2D eigenvalue weighted by molar-refractivity contribution is 5.84. The molecule has 1 heterocycles. The maximum atomic E-state index is 10.5. The number of carboxylic acid groups (broad SMARTS) is 1. The summed E-state index contributed by atoms with van der Waals surface area (Å²) in [6.45, 7) is 6.12. The van der Waals surface area contributed by atoms with E-state index >= 15 is 0 Å². The standard InChI is InChI=1S/C5H4N2O4.C5H13N/c8-3-1-2(4(9)10)6-5(11)7-3;1-4-5(2,3)6/h1H,(H,9,10)(H2,6,7,8,11);4,6H2,1-3H3. The first-order chi connectivity index (χ1) is 7.65. The van der Waals surface area contributed by atoms with Crippen LogP contribution in [0.25, 0.3) is 0 Å². The van der Waals surface area contributed by atoms with Gasteiger partial charge in [0.2, 0.25) is 0 Å². The second-order valence-corrected chi connectivity index (χ2v) is 4.15. The summed E-state index contributed by atoms with van der Waals surface area (Å²) in [5, 5.41) is 8.31. The number of carboxylic acids is 1. The summed E-state index contributed by atoms with van der Waals surface area (Å²) in [6.07, 6.45) is 1.05. The van der Waals surface area contributed by atoms with Gasteiger partial charge in [-0.2, -0.15) is 0 Å². The largest absolute Gasteiger partial charge is 0.477 e. The van der Waals surface area contributed by atoms with Crippen molar-refractivity contribution >= 4 is 5.97 Å². The van der Waals surface area contributed by atoms with Crippen LogP contribution in [0.5, 0.6) is 0 Å². The summed E-state index contributed by atoms with van der Waals surface area (Å²) in [6, 6.07) is 0.795. The Morgan fingerprint density at radius 2 is 1.88 bits per heavy atom. The van der Waals surface area contributed by atoms with E-state index < -0.39 is 22.9 Å². The second-order valence-electron chi connectivity index (χ2n) is 4.15. The number of aromatic amines is 2. The zero-order valence-corrected chi connectivity index (χ0v) is 10.0. The normalized spacial score (nSPS) is 10.4. The Balaban J connectivity index is 0.000000366. The predicted octanol–water partition coefficient (Wildman–Crippen LogP) is -0.105. The van der Waals surface area contributed by atoms with Crippen LogP contribution in [0.4, 0.5) is 0 Å². The van der Waals surface area contributed by atoms with Gasteiger partial charge in [-0.15, -0.1) is 0 Å². The zero-order valence-electron chi connectivity index (χ0n) is 10.0. The van der Waals surface area contributed by atoms with Crippen molar-refractivity contribution in [3.8, 4) is 0 Å². The van der Waals surface area contributed by atoms with Crippen LogP contribution in [-0.4, -0.2) is 26.6 Å². The van der Waals surface area contributed by atoms with Crippen LogP contribution < -0.4 is 17.0 Å². The molecule has 0 spiro atoms. The average Bonchev–Trinajstić information content (AvgIpc) is 2.16. The Labute approximate surface area is 97.7 Å². The van der Waals surface area contributed by atoms with Crippen LogP contribution in [0, 0.1) is 0 Å². The minimum absolute atomic E-state index is 0.0417. The van der Waals surface area contributed by atoms with E-state index in [1.165, 1.54) is 0 Å². The second kappa shape index (κ2) is 6.00. The third-order valence-corrected chi connectivity index (χ3v) is 1.90.